The number of nitrogens with zero attached hydrogens (tertiary/aromatic N) is 2. The highest BCUT2D eigenvalue weighted by molar-refractivity contribution is 5.96. The number of hydrogen-bond donors (Lipinski definition) is 12. The number of nitrogens with two attached hydrogens (primary N) is 3. The molecule has 0 spiro atoms. The molecule has 0 radical (unpaired) electrons. The molecule has 0 aliphatic heterocycles. The topological polar surface area (TPSA) is 368 Å². The van der Waals surface area contributed by atoms with Crippen molar-refractivity contribution in [3.05, 3.63) is 18.2 Å². The zero-order valence-corrected chi connectivity index (χ0v) is 31.0. The predicted molar refractivity (Wildman–Crippen MR) is 193 cm³/mol. The minimum absolute atomic E-state index is 0.111. The van der Waals surface area contributed by atoms with Crippen LogP contribution in [0, 0.1) is 11.8 Å². The van der Waals surface area contributed by atoms with Crippen molar-refractivity contribution < 1.29 is 48.6 Å². The Balaban J connectivity index is 2.97. The molecule has 22 nitrogen and oxygen atoms in total. The molecule has 0 aliphatic rings. The Morgan fingerprint density at radius 3 is 1.94 bits per heavy atom. The van der Waals surface area contributed by atoms with Crippen LogP contribution in [0.1, 0.15) is 66.0 Å². The van der Waals surface area contributed by atoms with Crippen LogP contribution >= 0.6 is 0 Å². The molecule has 1 aromatic heterocycles. The molecule has 1 heterocycles. The number of aliphatic carboxylic acids is 2. The number of carbonyl (C=O) groups excluding carboxylic acids is 6. The van der Waals surface area contributed by atoms with Gasteiger partial charge in [-0.3, -0.25) is 38.6 Å². The number of guanidine groups is 1. The lowest BCUT2D eigenvalue weighted by atomic mass is 10.0. The van der Waals surface area contributed by atoms with E-state index < -0.39 is 109 Å². The number of carboxylic acid groups (broad SMARTS) is 2. The average Bonchev–Trinajstić information content (AvgIpc) is 3.60. The summed E-state index contributed by atoms with van der Waals surface area (Å²) in [5, 5.41) is 33.0. The summed E-state index contributed by atoms with van der Waals surface area (Å²) >= 11 is 0. The zero-order chi connectivity index (χ0) is 41.1. The van der Waals surface area contributed by atoms with Gasteiger partial charge in [-0.05, 0) is 38.0 Å². The van der Waals surface area contributed by atoms with Gasteiger partial charge in [-0.1, -0.05) is 27.7 Å². The van der Waals surface area contributed by atoms with Crippen LogP contribution in [0.4, 0.5) is 0 Å². The first-order chi connectivity index (χ1) is 25.2. The van der Waals surface area contributed by atoms with Crippen molar-refractivity contribution in [1.82, 2.24) is 41.9 Å². The molecule has 1 rings (SSSR count). The summed E-state index contributed by atoms with van der Waals surface area (Å²) in [4.78, 5) is 111. The van der Waals surface area contributed by atoms with Gasteiger partial charge >= 0.3 is 11.9 Å². The minimum atomic E-state index is -1.54. The third kappa shape index (κ3) is 17.1. The fourth-order valence-electron chi connectivity index (χ4n) is 4.69. The van der Waals surface area contributed by atoms with Crippen LogP contribution in [0.25, 0.3) is 0 Å². The van der Waals surface area contributed by atoms with Gasteiger partial charge in [0.05, 0.1) is 18.9 Å². The molecule has 0 unspecified atom stereocenters. The molecular weight excluding hydrogens is 712 g/mol. The molecule has 6 atom stereocenters. The van der Waals surface area contributed by atoms with E-state index in [1.807, 2.05) is 0 Å². The molecule has 1 aromatic rings. The maximum atomic E-state index is 13.4. The standard InChI is InChI=1S/C32H54N12O10/c1-15(2)24(33)29(51)42-19(7-6-10-37-32(34)35)27(49)40-17(5)26(48)38-13-22(45)41-21(11-18-12-36-14-39-18)28(50)44-25(16(3)4)30(52)43-20(31(53)54)8-9-23(46)47/h12,14-17,19-21,24-25H,6-11,13,33H2,1-5H3,(H,36,39)(H,38,48)(H,40,49)(H,41,45)(H,42,51)(H,43,52)(H,44,50)(H,46,47)(H,53,54)(H4,34,35,37)/t17-,19-,20-,21-,24-,25-/m0/s1. The highest BCUT2D eigenvalue weighted by Gasteiger charge is 2.32. The van der Waals surface area contributed by atoms with Gasteiger partial charge in [0, 0.05) is 31.3 Å². The van der Waals surface area contributed by atoms with Gasteiger partial charge in [0.1, 0.15) is 30.2 Å². The van der Waals surface area contributed by atoms with Crippen LogP contribution in [-0.2, 0) is 44.8 Å². The van der Waals surface area contributed by atoms with E-state index in [-0.39, 0.29) is 31.3 Å². The third-order valence-electron chi connectivity index (χ3n) is 7.91. The molecule has 0 saturated heterocycles. The molecule has 6 amide bonds. The van der Waals surface area contributed by atoms with E-state index in [2.05, 4.69) is 46.9 Å². The van der Waals surface area contributed by atoms with Crippen molar-refractivity contribution in [2.45, 2.75) is 103 Å². The summed E-state index contributed by atoms with van der Waals surface area (Å²) < 4.78 is 0. The fourth-order valence-corrected chi connectivity index (χ4v) is 4.69. The molecule has 0 saturated carbocycles. The van der Waals surface area contributed by atoms with Crippen LogP contribution in [0.15, 0.2) is 17.5 Å². The first kappa shape index (κ1) is 46.2. The number of carbonyl (C=O) groups is 8. The maximum absolute atomic E-state index is 13.4. The number of imidazole rings is 1. The molecule has 54 heavy (non-hydrogen) atoms. The van der Waals surface area contributed by atoms with Crippen LogP contribution in [0.2, 0.25) is 0 Å². The Labute approximate surface area is 312 Å². The van der Waals surface area contributed by atoms with Crippen molar-refractivity contribution in [1.29, 1.82) is 0 Å². The van der Waals surface area contributed by atoms with Gasteiger partial charge in [0.2, 0.25) is 35.4 Å². The second-order valence-electron chi connectivity index (χ2n) is 13.2. The van der Waals surface area contributed by atoms with E-state index in [0.29, 0.717) is 12.1 Å². The molecule has 15 N–H and O–H groups in total. The summed E-state index contributed by atoms with van der Waals surface area (Å²) in [5.41, 5.74) is 17.0. The van der Waals surface area contributed by atoms with Gasteiger partial charge in [0.15, 0.2) is 5.96 Å². The Morgan fingerprint density at radius 2 is 1.41 bits per heavy atom. The molecular formula is C32H54N12O10. The largest absolute Gasteiger partial charge is 0.481 e. The molecule has 0 aromatic carbocycles. The van der Waals surface area contributed by atoms with Crippen LogP contribution < -0.4 is 49.1 Å². The maximum Gasteiger partial charge on any atom is 0.326 e. The van der Waals surface area contributed by atoms with Crippen LogP contribution in [0.3, 0.4) is 0 Å². The van der Waals surface area contributed by atoms with E-state index in [9.17, 15) is 43.5 Å². The quantitative estimate of drug-likeness (QED) is 0.0272. The van der Waals surface area contributed by atoms with Crippen LogP contribution in [-0.4, -0.2) is 123 Å². The van der Waals surface area contributed by atoms with Crippen molar-refractivity contribution in [2.24, 2.45) is 34.0 Å². The molecule has 0 bridgehead atoms. The number of nitrogens with one attached hydrogen (secondary N) is 7. The van der Waals surface area contributed by atoms with E-state index in [4.69, 9.17) is 22.3 Å². The van der Waals surface area contributed by atoms with Crippen molar-refractivity contribution in [3.8, 4) is 0 Å². The first-order valence-corrected chi connectivity index (χ1v) is 17.2. The molecule has 302 valence electrons. The number of aromatic amines is 1. The number of rotatable bonds is 24. The second kappa shape index (κ2) is 23.0. The van der Waals surface area contributed by atoms with Crippen molar-refractivity contribution in [3.63, 3.8) is 0 Å². The summed E-state index contributed by atoms with van der Waals surface area (Å²) in [6.07, 6.45) is 2.11. The van der Waals surface area contributed by atoms with E-state index in [1.165, 1.54) is 19.4 Å². The Hall–Kier alpha value is -5.80. The van der Waals surface area contributed by atoms with E-state index in [1.54, 1.807) is 27.7 Å². The number of aliphatic imine (C=N–C) groups is 1. The lowest BCUT2D eigenvalue weighted by molar-refractivity contribution is -0.143. The van der Waals surface area contributed by atoms with Crippen LogP contribution in [0.5, 0.6) is 0 Å². The second-order valence-corrected chi connectivity index (χ2v) is 13.2. The van der Waals surface area contributed by atoms with Gasteiger partial charge < -0.3 is 64.3 Å². The van der Waals surface area contributed by atoms with Gasteiger partial charge in [-0.15, -0.1) is 0 Å². The summed E-state index contributed by atoms with van der Waals surface area (Å²) in [7, 11) is 0. The first-order valence-electron chi connectivity index (χ1n) is 17.2. The predicted octanol–water partition coefficient (Wildman–Crippen LogP) is -3.85. The van der Waals surface area contributed by atoms with Crippen molar-refractivity contribution >= 4 is 53.3 Å². The minimum Gasteiger partial charge on any atom is -0.481 e. The smallest absolute Gasteiger partial charge is 0.326 e. The van der Waals surface area contributed by atoms with Gasteiger partial charge in [-0.25, -0.2) is 9.78 Å². The van der Waals surface area contributed by atoms with Gasteiger partial charge in [0.25, 0.3) is 0 Å². The third-order valence-corrected chi connectivity index (χ3v) is 7.91. The van der Waals surface area contributed by atoms with E-state index >= 15 is 0 Å². The Morgan fingerprint density at radius 1 is 0.778 bits per heavy atom. The summed E-state index contributed by atoms with van der Waals surface area (Å²) in [6, 6.07) is -7.30. The number of hydrogen-bond acceptors (Lipinski definition) is 11. The lowest BCUT2D eigenvalue weighted by Gasteiger charge is -2.26. The highest BCUT2D eigenvalue weighted by Crippen LogP contribution is 2.08. The zero-order valence-electron chi connectivity index (χ0n) is 31.0. The monoisotopic (exact) mass is 766 g/mol. The van der Waals surface area contributed by atoms with Gasteiger partial charge in [-0.2, -0.15) is 0 Å². The van der Waals surface area contributed by atoms with E-state index in [0.717, 1.165) is 0 Å². The Bertz CT molecular complexity index is 1480. The molecule has 0 fully saturated rings. The number of amides is 6. The van der Waals surface area contributed by atoms with Crippen molar-refractivity contribution in [2.75, 3.05) is 13.1 Å². The summed E-state index contributed by atoms with van der Waals surface area (Å²) in [5.74, 6) is -8.24. The normalized spacial score (nSPS) is 14.3. The molecule has 22 heteroatoms. The number of carboxylic acids is 2. The average molecular weight is 767 g/mol. The summed E-state index contributed by atoms with van der Waals surface area (Å²) in [6.45, 7) is 7.53. The number of aromatic nitrogens is 2. The lowest BCUT2D eigenvalue weighted by Crippen LogP contribution is -2.58. The fraction of sp³-hybridized carbons (Fsp3) is 0.625. The number of H-pyrrole nitrogens is 1. The Kier molecular flexibility index (Phi) is 19.7. The highest BCUT2D eigenvalue weighted by atomic mass is 16.4. The molecule has 0 aliphatic carbocycles. The SMILES string of the molecule is CC(C)[C@H](N)C(=O)N[C@@H](CCCN=C(N)N)C(=O)N[C@@H](C)C(=O)NCC(=O)N[C@@H](Cc1cnc[nH]1)C(=O)N[C@H](C(=O)N[C@@H](CCC(=O)O)C(=O)O)C(C)C.